The molecule has 0 radical (unpaired) electrons. The Morgan fingerprint density at radius 2 is 2.00 bits per heavy atom. The summed E-state index contributed by atoms with van der Waals surface area (Å²) in [6.45, 7) is 1.66. The van der Waals surface area contributed by atoms with E-state index in [-0.39, 0.29) is 11.5 Å². The highest BCUT2D eigenvalue weighted by Crippen LogP contribution is 2.25. The lowest BCUT2D eigenvalue weighted by Gasteiger charge is -2.25. The number of rotatable bonds is 3. The van der Waals surface area contributed by atoms with E-state index in [0.717, 1.165) is 22.7 Å². The van der Waals surface area contributed by atoms with Gasteiger partial charge in [-0.1, -0.05) is 0 Å². The molecule has 1 amide bonds. The van der Waals surface area contributed by atoms with Gasteiger partial charge in [0.1, 0.15) is 17.3 Å². The number of hydrogen-bond acceptors (Lipinski definition) is 1. The van der Waals surface area contributed by atoms with Crippen LogP contribution in [0.4, 0.5) is 8.78 Å². The lowest BCUT2D eigenvalue weighted by molar-refractivity contribution is 0.0730. The van der Waals surface area contributed by atoms with E-state index in [4.69, 9.17) is 0 Å². The zero-order valence-electron chi connectivity index (χ0n) is 11.9. The number of nitrogens with zero attached hydrogens (tertiary/aromatic N) is 2. The van der Waals surface area contributed by atoms with Crippen LogP contribution in [0.1, 0.15) is 29.0 Å². The molecule has 2 rings (SSSR count). The molecule has 0 saturated heterocycles. The fourth-order valence-electron chi connectivity index (χ4n) is 2.14. The maximum Gasteiger partial charge on any atom is 0.270 e. The molecule has 0 N–H and O–H groups in total. The van der Waals surface area contributed by atoms with Gasteiger partial charge in [0.25, 0.3) is 5.91 Å². The average molecular weight is 357 g/mol. The van der Waals surface area contributed by atoms with Crippen molar-refractivity contribution in [2.45, 2.75) is 13.0 Å². The fraction of sp³-hybridized carbons (Fsp3) is 0.267. The Balaban J connectivity index is 2.30. The molecular weight excluding hydrogens is 342 g/mol. The molecule has 0 aliphatic rings. The molecule has 0 aliphatic heterocycles. The molecule has 2 aromatic rings. The highest BCUT2D eigenvalue weighted by molar-refractivity contribution is 9.10. The van der Waals surface area contributed by atoms with Crippen LogP contribution in [0.3, 0.4) is 0 Å². The SMILES string of the molecule is CC(c1cc(F)ccc1F)N(C)C(=O)c1cc(Br)cn1C. The Morgan fingerprint density at radius 3 is 2.57 bits per heavy atom. The molecule has 21 heavy (non-hydrogen) atoms. The van der Waals surface area contributed by atoms with Crippen LogP contribution in [0, 0.1) is 11.6 Å². The first-order valence-electron chi connectivity index (χ1n) is 6.35. The molecule has 6 heteroatoms. The predicted octanol–water partition coefficient (Wildman–Crippen LogP) is 3.90. The second-order valence-corrected chi connectivity index (χ2v) is 5.83. The summed E-state index contributed by atoms with van der Waals surface area (Å²) in [6.07, 6.45) is 1.76. The van der Waals surface area contributed by atoms with Crippen molar-refractivity contribution in [3.8, 4) is 0 Å². The normalized spacial score (nSPS) is 12.3. The fourth-order valence-corrected chi connectivity index (χ4v) is 2.66. The Hall–Kier alpha value is -1.69. The largest absolute Gasteiger partial charge is 0.345 e. The third kappa shape index (κ3) is 3.15. The number of halogens is 3. The topological polar surface area (TPSA) is 25.2 Å². The molecule has 0 aliphatic carbocycles. The minimum absolute atomic E-state index is 0.152. The average Bonchev–Trinajstić information content (AvgIpc) is 2.78. The lowest BCUT2D eigenvalue weighted by Crippen LogP contribution is -2.31. The summed E-state index contributed by atoms with van der Waals surface area (Å²) in [5.74, 6) is -1.32. The standard InChI is InChI=1S/C15H15BrF2N2O/c1-9(12-7-11(17)4-5-13(12)18)20(3)15(21)14-6-10(16)8-19(14)2/h4-9H,1-3H3. The first kappa shape index (κ1) is 15.7. The zero-order valence-corrected chi connectivity index (χ0v) is 13.5. The van der Waals surface area contributed by atoms with Crippen molar-refractivity contribution in [2.24, 2.45) is 7.05 Å². The Bertz CT molecular complexity index is 684. The van der Waals surface area contributed by atoms with E-state index in [1.165, 1.54) is 4.90 Å². The number of benzene rings is 1. The number of aryl methyl sites for hydroxylation is 1. The van der Waals surface area contributed by atoms with Gasteiger partial charge in [-0.25, -0.2) is 8.78 Å². The highest BCUT2D eigenvalue weighted by Gasteiger charge is 2.23. The van der Waals surface area contributed by atoms with E-state index < -0.39 is 17.7 Å². The molecule has 0 fully saturated rings. The zero-order chi connectivity index (χ0) is 15.7. The van der Waals surface area contributed by atoms with Crippen LogP contribution >= 0.6 is 15.9 Å². The van der Waals surface area contributed by atoms with Crippen LogP contribution in [-0.2, 0) is 7.05 Å². The molecule has 3 nitrogen and oxygen atoms in total. The number of carbonyl (C=O) groups excluding carboxylic acids is 1. The molecule has 1 aromatic carbocycles. The van der Waals surface area contributed by atoms with Gasteiger partial charge in [0.05, 0.1) is 6.04 Å². The van der Waals surface area contributed by atoms with Crippen molar-refractivity contribution in [1.29, 1.82) is 0 Å². The van der Waals surface area contributed by atoms with Crippen LogP contribution < -0.4 is 0 Å². The summed E-state index contributed by atoms with van der Waals surface area (Å²) in [7, 11) is 3.32. The van der Waals surface area contributed by atoms with Gasteiger partial charge in [-0.3, -0.25) is 4.79 Å². The number of amides is 1. The maximum atomic E-state index is 13.8. The van der Waals surface area contributed by atoms with Crippen LogP contribution in [-0.4, -0.2) is 22.4 Å². The molecule has 0 spiro atoms. The Morgan fingerprint density at radius 1 is 1.33 bits per heavy atom. The van der Waals surface area contributed by atoms with Crippen LogP contribution in [0.25, 0.3) is 0 Å². The third-order valence-corrected chi connectivity index (χ3v) is 3.93. The molecule has 1 unspecified atom stereocenters. The van der Waals surface area contributed by atoms with Crippen LogP contribution in [0.15, 0.2) is 34.9 Å². The minimum Gasteiger partial charge on any atom is -0.345 e. The van der Waals surface area contributed by atoms with Crippen molar-refractivity contribution >= 4 is 21.8 Å². The van der Waals surface area contributed by atoms with E-state index in [1.807, 2.05) is 0 Å². The van der Waals surface area contributed by atoms with Crippen molar-refractivity contribution in [1.82, 2.24) is 9.47 Å². The van der Waals surface area contributed by atoms with Crippen molar-refractivity contribution in [3.05, 3.63) is 57.8 Å². The number of carbonyl (C=O) groups is 1. The van der Waals surface area contributed by atoms with Crippen LogP contribution in [0.2, 0.25) is 0 Å². The van der Waals surface area contributed by atoms with Gasteiger partial charge in [-0.15, -0.1) is 0 Å². The van der Waals surface area contributed by atoms with E-state index >= 15 is 0 Å². The molecule has 0 bridgehead atoms. The van der Waals surface area contributed by atoms with E-state index in [1.54, 1.807) is 37.8 Å². The molecule has 1 atom stereocenters. The quantitative estimate of drug-likeness (QED) is 0.818. The van der Waals surface area contributed by atoms with Gasteiger partial charge in [0.2, 0.25) is 0 Å². The summed E-state index contributed by atoms with van der Waals surface area (Å²) in [5.41, 5.74) is 0.618. The van der Waals surface area contributed by atoms with Crippen LogP contribution in [0.5, 0.6) is 0 Å². The van der Waals surface area contributed by atoms with E-state index in [9.17, 15) is 13.6 Å². The number of hydrogen-bond donors (Lipinski definition) is 0. The van der Waals surface area contributed by atoms with Crippen molar-refractivity contribution < 1.29 is 13.6 Å². The van der Waals surface area contributed by atoms with Gasteiger partial charge in [0, 0.05) is 30.3 Å². The second-order valence-electron chi connectivity index (χ2n) is 4.91. The number of aromatic nitrogens is 1. The first-order chi connectivity index (χ1) is 9.81. The lowest BCUT2D eigenvalue weighted by atomic mass is 10.1. The van der Waals surface area contributed by atoms with E-state index in [0.29, 0.717) is 5.69 Å². The van der Waals surface area contributed by atoms with Gasteiger partial charge in [-0.2, -0.15) is 0 Å². The first-order valence-corrected chi connectivity index (χ1v) is 7.14. The summed E-state index contributed by atoms with van der Waals surface area (Å²) in [5, 5.41) is 0. The third-order valence-electron chi connectivity index (χ3n) is 3.50. The van der Waals surface area contributed by atoms with E-state index in [2.05, 4.69) is 15.9 Å². The summed E-state index contributed by atoms with van der Waals surface area (Å²) < 4.78 is 29.6. The molecule has 112 valence electrons. The Labute approximate surface area is 130 Å². The highest BCUT2D eigenvalue weighted by atomic mass is 79.9. The van der Waals surface area contributed by atoms with Crippen molar-refractivity contribution in [3.63, 3.8) is 0 Å². The molecule has 1 heterocycles. The minimum atomic E-state index is -0.582. The maximum absolute atomic E-state index is 13.8. The molecule has 1 aromatic heterocycles. The summed E-state index contributed by atoms with van der Waals surface area (Å²) in [4.78, 5) is 13.8. The smallest absolute Gasteiger partial charge is 0.270 e. The Kier molecular flexibility index (Phi) is 4.46. The van der Waals surface area contributed by atoms with Gasteiger partial charge < -0.3 is 9.47 Å². The van der Waals surface area contributed by atoms with Gasteiger partial charge >= 0.3 is 0 Å². The summed E-state index contributed by atoms with van der Waals surface area (Å²) in [6, 6.07) is 4.35. The van der Waals surface area contributed by atoms with Gasteiger partial charge in [-0.05, 0) is 47.1 Å². The van der Waals surface area contributed by atoms with Gasteiger partial charge in [0.15, 0.2) is 0 Å². The predicted molar refractivity (Wildman–Crippen MR) is 80.0 cm³/mol. The second kappa shape index (κ2) is 5.97. The van der Waals surface area contributed by atoms with Crippen molar-refractivity contribution in [2.75, 3.05) is 7.05 Å². The molecule has 0 saturated carbocycles. The summed E-state index contributed by atoms with van der Waals surface area (Å²) >= 11 is 3.30. The molecular formula is C15H15BrF2N2O. The monoisotopic (exact) mass is 356 g/mol.